The molecule has 25 heavy (non-hydrogen) atoms. The SMILES string of the molecule is Cl.O=C(NCC1CNCC1O)c1cccc(CN2C(=O)CNC2=O)c1. The van der Waals surface area contributed by atoms with Crippen molar-refractivity contribution in [2.75, 3.05) is 26.2 Å². The largest absolute Gasteiger partial charge is 0.391 e. The monoisotopic (exact) mass is 368 g/mol. The van der Waals surface area contributed by atoms with Crippen molar-refractivity contribution in [1.82, 2.24) is 20.9 Å². The van der Waals surface area contributed by atoms with E-state index in [1.165, 1.54) is 0 Å². The number of aliphatic hydroxyl groups is 1. The van der Waals surface area contributed by atoms with Gasteiger partial charge in [0.25, 0.3) is 5.91 Å². The second-order valence-electron chi connectivity index (χ2n) is 6.03. The van der Waals surface area contributed by atoms with E-state index in [-0.39, 0.29) is 43.2 Å². The van der Waals surface area contributed by atoms with Crippen molar-refractivity contribution in [3.8, 4) is 0 Å². The van der Waals surface area contributed by atoms with Gasteiger partial charge in [0.05, 0.1) is 19.2 Å². The molecule has 0 bridgehead atoms. The first kappa shape index (κ1) is 19.2. The van der Waals surface area contributed by atoms with Gasteiger partial charge in [-0.2, -0.15) is 0 Å². The number of carbonyl (C=O) groups is 3. The Morgan fingerprint density at radius 3 is 2.76 bits per heavy atom. The maximum Gasteiger partial charge on any atom is 0.324 e. The van der Waals surface area contributed by atoms with Crippen LogP contribution in [-0.2, 0) is 11.3 Å². The maximum absolute atomic E-state index is 12.3. The van der Waals surface area contributed by atoms with Crippen LogP contribution in [0.5, 0.6) is 0 Å². The van der Waals surface area contributed by atoms with Gasteiger partial charge < -0.3 is 21.1 Å². The summed E-state index contributed by atoms with van der Waals surface area (Å²) >= 11 is 0. The summed E-state index contributed by atoms with van der Waals surface area (Å²) in [7, 11) is 0. The Kier molecular flexibility index (Phi) is 6.35. The summed E-state index contributed by atoms with van der Waals surface area (Å²) in [5.41, 5.74) is 1.16. The highest BCUT2D eigenvalue weighted by atomic mass is 35.5. The van der Waals surface area contributed by atoms with Crippen molar-refractivity contribution < 1.29 is 19.5 Å². The number of urea groups is 1. The summed E-state index contributed by atoms with van der Waals surface area (Å²) in [6.45, 7) is 1.76. The number of hydrogen-bond acceptors (Lipinski definition) is 5. The summed E-state index contributed by atoms with van der Waals surface area (Å²) in [5, 5.41) is 18.1. The van der Waals surface area contributed by atoms with Crippen LogP contribution in [0.2, 0.25) is 0 Å². The molecule has 2 atom stereocenters. The lowest BCUT2D eigenvalue weighted by Gasteiger charge is -2.15. The highest BCUT2D eigenvalue weighted by Crippen LogP contribution is 2.12. The van der Waals surface area contributed by atoms with Crippen molar-refractivity contribution in [3.05, 3.63) is 35.4 Å². The van der Waals surface area contributed by atoms with Gasteiger partial charge in [-0.3, -0.25) is 14.5 Å². The van der Waals surface area contributed by atoms with Crippen molar-refractivity contribution >= 4 is 30.3 Å². The molecule has 3 rings (SSSR count). The van der Waals surface area contributed by atoms with Crippen molar-refractivity contribution in [1.29, 1.82) is 0 Å². The van der Waals surface area contributed by atoms with Gasteiger partial charge in [-0.15, -0.1) is 12.4 Å². The molecular formula is C16H21ClN4O4. The molecule has 4 amide bonds. The highest BCUT2D eigenvalue weighted by Gasteiger charge is 2.28. The zero-order valence-corrected chi connectivity index (χ0v) is 14.3. The standard InChI is InChI=1S/C16H20N4O4.ClH/c21-13-7-17-5-12(13)6-18-15(23)11-3-1-2-10(4-11)9-20-14(22)8-19-16(20)24;/h1-4,12-13,17,21H,5-9H2,(H,18,23)(H,19,24);1H. The van der Waals surface area contributed by atoms with E-state index in [0.717, 1.165) is 4.90 Å². The molecule has 0 saturated carbocycles. The first-order chi connectivity index (χ1) is 11.5. The van der Waals surface area contributed by atoms with Gasteiger partial charge in [0.2, 0.25) is 5.91 Å². The molecule has 9 heteroatoms. The molecule has 1 aromatic carbocycles. The topological polar surface area (TPSA) is 111 Å². The molecule has 8 nitrogen and oxygen atoms in total. The molecule has 1 aromatic rings. The number of carbonyl (C=O) groups excluding carboxylic acids is 3. The minimum atomic E-state index is -0.448. The van der Waals surface area contributed by atoms with Gasteiger partial charge in [0.15, 0.2) is 0 Å². The quantitative estimate of drug-likeness (QED) is 0.522. The third-order valence-electron chi connectivity index (χ3n) is 4.30. The second kappa shape index (κ2) is 8.28. The summed E-state index contributed by atoms with van der Waals surface area (Å²) < 4.78 is 0. The third kappa shape index (κ3) is 4.47. The van der Waals surface area contributed by atoms with E-state index in [4.69, 9.17) is 0 Å². The Morgan fingerprint density at radius 2 is 2.12 bits per heavy atom. The van der Waals surface area contributed by atoms with Crippen LogP contribution in [0.4, 0.5) is 4.79 Å². The molecule has 2 heterocycles. The fourth-order valence-corrected chi connectivity index (χ4v) is 2.86. The van der Waals surface area contributed by atoms with Crippen LogP contribution in [0, 0.1) is 5.92 Å². The number of halogens is 1. The molecule has 2 fully saturated rings. The normalized spacial score (nSPS) is 22.5. The summed E-state index contributed by atoms with van der Waals surface area (Å²) in [4.78, 5) is 36.6. The number of imide groups is 1. The van der Waals surface area contributed by atoms with Crippen LogP contribution in [0.15, 0.2) is 24.3 Å². The number of hydrogen-bond donors (Lipinski definition) is 4. The molecule has 0 spiro atoms. The summed E-state index contributed by atoms with van der Waals surface area (Å²) in [6.07, 6.45) is -0.448. The summed E-state index contributed by atoms with van der Waals surface area (Å²) in [5.74, 6) is -0.520. The van der Waals surface area contributed by atoms with Crippen LogP contribution in [0.1, 0.15) is 15.9 Å². The Labute approximate surface area is 151 Å². The Morgan fingerprint density at radius 1 is 1.32 bits per heavy atom. The predicted molar refractivity (Wildman–Crippen MR) is 92.3 cm³/mol. The van der Waals surface area contributed by atoms with Gasteiger partial charge in [-0.1, -0.05) is 12.1 Å². The Balaban J connectivity index is 0.00000225. The molecule has 0 aliphatic carbocycles. The molecule has 2 aliphatic rings. The van der Waals surface area contributed by atoms with Crippen LogP contribution >= 0.6 is 12.4 Å². The van der Waals surface area contributed by atoms with E-state index in [9.17, 15) is 19.5 Å². The third-order valence-corrected chi connectivity index (χ3v) is 4.30. The van der Waals surface area contributed by atoms with E-state index >= 15 is 0 Å². The van der Waals surface area contributed by atoms with Gasteiger partial charge in [-0.05, 0) is 17.7 Å². The molecule has 136 valence electrons. The summed E-state index contributed by atoms with van der Waals surface area (Å²) in [6, 6.07) is 6.40. The first-order valence-corrected chi connectivity index (χ1v) is 7.88. The second-order valence-corrected chi connectivity index (χ2v) is 6.03. The van der Waals surface area contributed by atoms with Crippen molar-refractivity contribution in [3.63, 3.8) is 0 Å². The average Bonchev–Trinajstić information content (AvgIpc) is 3.13. The molecule has 2 unspecified atom stereocenters. The number of amides is 4. The fourth-order valence-electron chi connectivity index (χ4n) is 2.86. The average molecular weight is 369 g/mol. The minimum Gasteiger partial charge on any atom is -0.391 e. The van der Waals surface area contributed by atoms with Crippen LogP contribution in [-0.4, -0.2) is 60.1 Å². The lowest BCUT2D eigenvalue weighted by molar-refractivity contribution is -0.125. The van der Waals surface area contributed by atoms with E-state index in [1.807, 2.05) is 0 Å². The minimum absolute atomic E-state index is 0. The van der Waals surface area contributed by atoms with Gasteiger partial charge in [0.1, 0.15) is 0 Å². The van der Waals surface area contributed by atoms with Crippen LogP contribution < -0.4 is 16.0 Å². The van der Waals surface area contributed by atoms with E-state index in [2.05, 4.69) is 16.0 Å². The van der Waals surface area contributed by atoms with Crippen molar-refractivity contribution in [2.45, 2.75) is 12.6 Å². The molecule has 4 N–H and O–H groups in total. The Bertz CT molecular complexity index is 653. The lowest BCUT2D eigenvalue weighted by atomic mass is 10.1. The van der Waals surface area contributed by atoms with Gasteiger partial charge in [0, 0.05) is 31.1 Å². The molecular weight excluding hydrogens is 348 g/mol. The Hall–Kier alpha value is -2.16. The molecule has 2 aliphatic heterocycles. The van der Waals surface area contributed by atoms with E-state index < -0.39 is 12.1 Å². The number of nitrogens with one attached hydrogen (secondary N) is 3. The van der Waals surface area contributed by atoms with Crippen LogP contribution in [0.3, 0.4) is 0 Å². The van der Waals surface area contributed by atoms with Crippen LogP contribution in [0.25, 0.3) is 0 Å². The predicted octanol–water partition coefficient (Wildman–Crippen LogP) is -0.530. The number of aliphatic hydroxyl groups excluding tert-OH is 1. The zero-order valence-electron chi connectivity index (χ0n) is 13.5. The molecule has 0 aromatic heterocycles. The maximum atomic E-state index is 12.3. The highest BCUT2D eigenvalue weighted by molar-refractivity contribution is 6.02. The van der Waals surface area contributed by atoms with Gasteiger partial charge in [-0.25, -0.2) is 4.79 Å². The molecule has 0 radical (unpaired) electrons. The van der Waals surface area contributed by atoms with Crippen molar-refractivity contribution in [2.24, 2.45) is 5.92 Å². The number of nitrogens with zero attached hydrogens (tertiary/aromatic N) is 1. The van der Waals surface area contributed by atoms with Gasteiger partial charge >= 0.3 is 6.03 Å². The smallest absolute Gasteiger partial charge is 0.324 e. The lowest BCUT2D eigenvalue weighted by Crippen LogP contribution is -2.34. The van der Waals surface area contributed by atoms with E-state index in [0.29, 0.717) is 30.8 Å². The van der Waals surface area contributed by atoms with E-state index in [1.54, 1.807) is 24.3 Å². The number of rotatable bonds is 5. The number of β-amino-alcohol motifs (C(OH)–C–C–N with tert-alkyl or cyclic N) is 1. The zero-order chi connectivity index (χ0) is 17.1. The number of benzene rings is 1. The molecule has 2 saturated heterocycles. The first-order valence-electron chi connectivity index (χ1n) is 7.88. The fraction of sp³-hybridized carbons (Fsp3) is 0.438.